The number of aryl methyl sites for hydroxylation is 3. The summed E-state index contributed by atoms with van der Waals surface area (Å²) in [6.07, 6.45) is 4.85. The van der Waals surface area contributed by atoms with E-state index in [1.165, 1.54) is 0 Å². The standard InChI is InChI=1S/C14H17NO4S/c1-5-6-12(14(16)17)15-20(18,19)13-10(3)7-9(2)8-11(13)4/h1,7-8,12,15H,6H2,2-4H3,(H,16,17). The van der Waals surface area contributed by atoms with Gasteiger partial charge in [0.1, 0.15) is 6.04 Å². The fourth-order valence-corrected chi connectivity index (χ4v) is 3.78. The fraction of sp³-hybridized carbons (Fsp3) is 0.357. The van der Waals surface area contributed by atoms with E-state index >= 15 is 0 Å². The molecule has 0 heterocycles. The molecule has 0 saturated carbocycles. The molecule has 1 aromatic carbocycles. The van der Waals surface area contributed by atoms with Gasteiger partial charge in [-0.2, -0.15) is 4.72 Å². The molecule has 0 fully saturated rings. The first-order chi connectivity index (χ1) is 9.19. The maximum Gasteiger partial charge on any atom is 0.322 e. The van der Waals surface area contributed by atoms with Crippen LogP contribution in [0.25, 0.3) is 0 Å². The second-order valence-corrected chi connectivity index (χ2v) is 6.30. The van der Waals surface area contributed by atoms with Crippen LogP contribution in [0, 0.1) is 33.1 Å². The number of rotatable bonds is 5. The Kier molecular flexibility index (Phi) is 4.93. The fourth-order valence-electron chi connectivity index (χ4n) is 2.13. The topological polar surface area (TPSA) is 83.5 Å². The van der Waals surface area contributed by atoms with Crippen LogP contribution in [0.4, 0.5) is 0 Å². The van der Waals surface area contributed by atoms with E-state index in [0.29, 0.717) is 11.1 Å². The highest BCUT2D eigenvalue weighted by Crippen LogP contribution is 2.22. The van der Waals surface area contributed by atoms with Crippen LogP contribution in [0.5, 0.6) is 0 Å². The molecule has 0 aromatic heterocycles. The molecule has 0 aliphatic carbocycles. The Morgan fingerprint density at radius 1 is 1.35 bits per heavy atom. The molecular weight excluding hydrogens is 278 g/mol. The molecule has 0 amide bonds. The van der Waals surface area contributed by atoms with Gasteiger partial charge in [0, 0.05) is 6.42 Å². The minimum absolute atomic E-state index is 0.103. The first-order valence-corrected chi connectivity index (χ1v) is 7.44. The smallest absolute Gasteiger partial charge is 0.322 e. The van der Waals surface area contributed by atoms with Crippen molar-refractivity contribution < 1.29 is 18.3 Å². The zero-order valence-electron chi connectivity index (χ0n) is 11.6. The van der Waals surface area contributed by atoms with Crippen LogP contribution >= 0.6 is 0 Å². The lowest BCUT2D eigenvalue weighted by Gasteiger charge is -2.16. The molecule has 0 aliphatic heterocycles. The minimum Gasteiger partial charge on any atom is -0.480 e. The summed E-state index contributed by atoms with van der Waals surface area (Å²) in [5.74, 6) is 0.856. The molecule has 2 N–H and O–H groups in total. The molecule has 1 rings (SSSR count). The number of carbonyl (C=O) groups is 1. The maximum absolute atomic E-state index is 12.3. The average Bonchev–Trinajstić information content (AvgIpc) is 2.25. The van der Waals surface area contributed by atoms with E-state index in [-0.39, 0.29) is 11.3 Å². The summed E-state index contributed by atoms with van der Waals surface area (Å²) in [6, 6.07) is 2.14. The Bertz CT molecular complexity index is 648. The van der Waals surface area contributed by atoms with Gasteiger partial charge in [-0.05, 0) is 31.9 Å². The van der Waals surface area contributed by atoms with Crippen LogP contribution in [0.3, 0.4) is 0 Å². The van der Waals surface area contributed by atoms with Crippen molar-refractivity contribution in [3.05, 3.63) is 28.8 Å². The van der Waals surface area contributed by atoms with Gasteiger partial charge >= 0.3 is 5.97 Å². The van der Waals surface area contributed by atoms with Gasteiger partial charge in [-0.15, -0.1) is 12.3 Å². The quantitative estimate of drug-likeness (QED) is 0.804. The zero-order chi connectivity index (χ0) is 15.5. The summed E-state index contributed by atoms with van der Waals surface area (Å²) in [5.41, 5.74) is 2.08. The van der Waals surface area contributed by atoms with Gasteiger partial charge in [-0.3, -0.25) is 4.79 Å². The van der Waals surface area contributed by atoms with Crippen LogP contribution in [0.15, 0.2) is 17.0 Å². The molecule has 0 saturated heterocycles. The number of sulfonamides is 1. The van der Waals surface area contributed by atoms with Gasteiger partial charge in [0.25, 0.3) is 0 Å². The summed E-state index contributed by atoms with van der Waals surface area (Å²) in [5, 5.41) is 8.97. The summed E-state index contributed by atoms with van der Waals surface area (Å²) in [6.45, 7) is 5.21. The molecule has 0 aliphatic rings. The molecule has 0 bridgehead atoms. The number of nitrogens with one attached hydrogen (secondary N) is 1. The summed E-state index contributed by atoms with van der Waals surface area (Å²) in [7, 11) is -3.93. The normalized spacial score (nSPS) is 12.7. The lowest BCUT2D eigenvalue weighted by atomic mass is 10.1. The number of benzene rings is 1. The summed E-state index contributed by atoms with van der Waals surface area (Å²) < 4.78 is 26.8. The van der Waals surface area contributed by atoms with Gasteiger partial charge < -0.3 is 5.11 Å². The molecule has 0 radical (unpaired) electrons. The Balaban J connectivity index is 3.25. The lowest BCUT2D eigenvalue weighted by molar-refractivity contribution is -0.138. The van der Waals surface area contributed by atoms with Crippen LogP contribution in [-0.2, 0) is 14.8 Å². The van der Waals surface area contributed by atoms with Crippen molar-refractivity contribution in [3.63, 3.8) is 0 Å². The van der Waals surface area contributed by atoms with E-state index in [4.69, 9.17) is 11.5 Å². The van der Waals surface area contributed by atoms with Crippen molar-refractivity contribution in [2.75, 3.05) is 0 Å². The van der Waals surface area contributed by atoms with Crippen molar-refractivity contribution in [2.45, 2.75) is 38.1 Å². The largest absolute Gasteiger partial charge is 0.480 e. The molecule has 0 spiro atoms. The van der Waals surface area contributed by atoms with Crippen LogP contribution < -0.4 is 4.72 Å². The monoisotopic (exact) mass is 295 g/mol. The second kappa shape index (κ2) is 6.07. The molecule has 20 heavy (non-hydrogen) atoms. The number of hydrogen-bond donors (Lipinski definition) is 2. The molecule has 1 unspecified atom stereocenters. The molecule has 1 atom stereocenters. The summed E-state index contributed by atoms with van der Waals surface area (Å²) >= 11 is 0. The van der Waals surface area contributed by atoms with Gasteiger partial charge in [0.05, 0.1) is 4.90 Å². The lowest BCUT2D eigenvalue weighted by Crippen LogP contribution is -2.40. The van der Waals surface area contributed by atoms with Crippen molar-refractivity contribution in [1.29, 1.82) is 0 Å². The Labute approximate surface area is 119 Å². The number of aliphatic carboxylic acids is 1. The highest BCUT2D eigenvalue weighted by Gasteiger charge is 2.27. The van der Waals surface area contributed by atoms with E-state index in [2.05, 4.69) is 10.6 Å². The molecular formula is C14H17NO4S. The molecule has 5 nitrogen and oxygen atoms in total. The third-order valence-electron chi connectivity index (χ3n) is 2.79. The van der Waals surface area contributed by atoms with Gasteiger partial charge in [-0.25, -0.2) is 8.42 Å². The third kappa shape index (κ3) is 3.59. The maximum atomic E-state index is 12.3. The van der Waals surface area contributed by atoms with Gasteiger partial charge in [-0.1, -0.05) is 17.7 Å². The van der Waals surface area contributed by atoms with E-state index in [0.717, 1.165) is 5.56 Å². The first-order valence-electron chi connectivity index (χ1n) is 5.95. The van der Waals surface area contributed by atoms with Crippen LogP contribution in [-0.4, -0.2) is 25.5 Å². The first kappa shape index (κ1) is 16.2. The van der Waals surface area contributed by atoms with Crippen molar-refractivity contribution in [1.82, 2.24) is 4.72 Å². The number of carboxylic acid groups (broad SMARTS) is 1. The average molecular weight is 295 g/mol. The van der Waals surface area contributed by atoms with Gasteiger partial charge in [0.2, 0.25) is 10.0 Å². The van der Waals surface area contributed by atoms with E-state index in [9.17, 15) is 13.2 Å². The number of terminal acetylenes is 1. The van der Waals surface area contributed by atoms with Crippen LogP contribution in [0.2, 0.25) is 0 Å². The highest BCUT2D eigenvalue weighted by molar-refractivity contribution is 7.89. The predicted octanol–water partition coefficient (Wildman–Crippen LogP) is 1.37. The zero-order valence-corrected chi connectivity index (χ0v) is 12.4. The van der Waals surface area contributed by atoms with E-state index in [1.54, 1.807) is 26.0 Å². The Morgan fingerprint density at radius 3 is 2.25 bits per heavy atom. The predicted molar refractivity (Wildman–Crippen MR) is 75.8 cm³/mol. The van der Waals surface area contributed by atoms with Crippen molar-refractivity contribution in [2.24, 2.45) is 0 Å². The minimum atomic E-state index is -3.93. The highest BCUT2D eigenvalue weighted by atomic mass is 32.2. The van der Waals surface area contributed by atoms with Gasteiger partial charge in [0.15, 0.2) is 0 Å². The number of carboxylic acids is 1. The van der Waals surface area contributed by atoms with E-state index in [1.807, 2.05) is 6.92 Å². The van der Waals surface area contributed by atoms with E-state index < -0.39 is 22.0 Å². The SMILES string of the molecule is C#CCC(NS(=O)(=O)c1c(C)cc(C)cc1C)C(=O)O. The number of hydrogen-bond acceptors (Lipinski definition) is 3. The summed E-state index contributed by atoms with van der Waals surface area (Å²) in [4.78, 5) is 11.1. The molecule has 1 aromatic rings. The molecule has 6 heteroatoms. The van der Waals surface area contributed by atoms with Crippen molar-refractivity contribution in [3.8, 4) is 12.3 Å². The Hall–Kier alpha value is -1.84. The molecule has 108 valence electrons. The van der Waals surface area contributed by atoms with Crippen LogP contribution in [0.1, 0.15) is 23.1 Å². The third-order valence-corrected chi connectivity index (χ3v) is 4.57. The second-order valence-electron chi connectivity index (χ2n) is 4.65. The van der Waals surface area contributed by atoms with Crippen molar-refractivity contribution >= 4 is 16.0 Å². The Morgan fingerprint density at radius 2 is 1.85 bits per heavy atom.